The number of rotatable bonds is 10. The van der Waals surface area contributed by atoms with Crippen LogP contribution in [0.4, 0.5) is 0 Å². The second kappa shape index (κ2) is 11.3. The van der Waals surface area contributed by atoms with Crippen LogP contribution in [0.1, 0.15) is 31.2 Å². The van der Waals surface area contributed by atoms with Gasteiger partial charge >= 0.3 is 181 Å². The number of sulfonamides is 1. The Morgan fingerprint density at radius 1 is 1.14 bits per heavy atom. The van der Waals surface area contributed by atoms with Crippen LogP contribution in [0.25, 0.3) is 0 Å². The molecule has 2 atom stereocenters. The fraction of sp³-hybridized carbons (Fsp3) is 0.455. The monoisotopic (exact) mass is 483 g/mol. The van der Waals surface area contributed by atoms with Gasteiger partial charge in [0, 0.05) is 0 Å². The molecule has 0 spiro atoms. The first kappa shape index (κ1) is 22.5. The van der Waals surface area contributed by atoms with Crippen molar-refractivity contribution in [2.24, 2.45) is 0 Å². The summed E-state index contributed by atoms with van der Waals surface area (Å²) in [6.07, 6.45) is 3.51. The normalized spacial score (nSPS) is 18.4. The van der Waals surface area contributed by atoms with Gasteiger partial charge in [0.15, 0.2) is 0 Å². The van der Waals surface area contributed by atoms with Gasteiger partial charge in [0.2, 0.25) is 0 Å². The van der Waals surface area contributed by atoms with Crippen molar-refractivity contribution in [1.29, 1.82) is 0 Å². The van der Waals surface area contributed by atoms with Gasteiger partial charge in [-0.25, -0.2) is 0 Å². The first-order valence-electron chi connectivity index (χ1n) is 10.0. The summed E-state index contributed by atoms with van der Waals surface area (Å²) in [5.74, 6) is 0. The Kier molecular flexibility index (Phi) is 8.72. The third-order valence-electron chi connectivity index (χ3n) is 4.75. The fourth-order valence-electron chi connectivity index (χ4n) is 3.08. The number of ether oxygens (including phenoxy) is 2. The van der Waals surface area contributed by atoms with Crippen LogP contribution >= 0.6 is 0 Å². The van der Waals surface area contributed by atoms with E-state index in [9.17, 15) is 8.42 Å². The molecule has 0 bridgehead atoms. The molecule has 1 N–H and O–H groups in total. The van der Waals surface area contributed by atoms with Crippen molar-refractivity contribution in [3.8, 4) is 0 Å². The topological polar surface area (TPSA) is 64.6 Å². The zero-order valence-corrected chi connectivity index (χ0v) is 19.3. The third kappa shape index (κ3) is 7.52. The van der Waals surface area contributed by atoms with Gasteiger partial charge < -0.3 is 0 Å². The van der Waals surface area contributed by atoms with Gasteiger partial charge in [-0.15, -0.1) is 0 Å². The van der Waals surface area contributed by atoms with Crippen molar-refractivity contribution in [3.63, 3.8) is 0 Å². The number of nitrogens with one attached hydrogen (secondary N) is 1. The van der Waals surface area contributed by atoms with E-state index in [1.54, 1.807) is 12.1 Å². The molecule has 1 heterocycles. The summed E-state index contributed by atoms with van der Waals surface area (Å²) in [6, 6.07) is 17.0. The van der Waals surface area contributed by atoms with Crippen molar-refractivity contribution < 1.29 is 17.9 Å². The molecule has 1 aliphatic rings. The Morgan fingerprint density at radius 2 is 1.90 bits per heavy atom. The molecule has 0 aliphatic carbocycles. The molecule has 1 saturated heterocycles. The number of aryl methyl sites for hydroxylation is 1. The SMILES string of the molecule is Cc1ccc(S(=O)(=O)N[C@@H](CC[Se]c2ccccc2)CO[C@H]2CCCCO2)cc1. The quantitative estimate of drug-likeness (QED) is 0.529. The van der Waals surface area contributed by atoms with Crippen molar-refractivity contribution >= 4 is 29.4 Å². The summed E-state index contributed by atoms with van der Waals surface area (Å²) in [6.45, 7) is 2.97. The summed E-state index contributed by atoms with van der Waals surface area (Å²) >= 11 is 0.302. The number of benzene rings is 2. The van der Waals surface area contributed by atoms with Crippen molar-refractivity contribution in [2.75, 3.05) is 13.2 Å². The van der Waals surface area contributed by atoms with E-state index in [4.69, 9.17) is 9.47 Å². The molecule has 3 rings (SSSR count). The molecule has 2 aromatic carbocycles. The van der Waals surface area contributed by atoms with Gasteiger partial charge in [0.1, 0.15) is 0 Å². The van der Waals surface area contributed by atoms with E-state index in [1.165, 1.54) is 4.46 Å². The first-order valence-corrected chi connectivity index (χ1v) is 13.6. The molecular weight excluding hydrogens is 453 g/mol. The molecule has 7 heteroatoms. The Labute approximate surface area is 180 Å². The van der Waals surface area contributed by atoms with Gasteiger partial charge in [-0.2, -0.15) is 0 Å². The second-order valence-electron chi connectivity index (χ2n) is 7.21. The molecule has 158 valence electrons. The molecule has 1 fully saturated rings. The van der Waals surface area contributed by atoms with Gasteiger partial charge in [-0.05, 0) is 0 Å². The third-order valence-corrected chi connectivity index (χ3v) is 8.48. The fourth-order valence-corrected chi connectivity index (χ4v) is 6.41. The molecule has 0 unspecified atom stereocenters. The van der Waals surface area contributed by atoms with Crippen molar-refractivity contribution in [1.82, 2.24) is 4.72 Å². The average molecular weight is 483 g/mol. The zero-order chi connectivity index (χ0) is 20.5. The molecule has 0 radical (unpaired) electrons. The van der Waals surface area contributed by atoms with Gasteiger partial charge in [-0.1, -0.05) is 0 Å². The van der Waals surface area contributed by atoms with Crippen LogP contribution in [-0.2, 0) is 19.5 Å². The summed E-state index contributed by atoms with van der Waals surface area (Å²) in [4.78, 5) is 0.288. The zero-order valence-electron chi connectivity index (χ0n) is 16.8. The standard InChI is InChI=1S/C22H29NO4SSe/c1-18-10-12-20(13-11-18)28(24,25)23-19(17-27-22-9-5-6-15-26-22)14-16-29-21-7-3-2-4-8-21/h2-4,7-8,10-13,19,22-23H,5-6,9,14-17H2,1H3/t19-,22-/m0/s1. The van der Waals surface area contributed by atoms with E-state index in [-0.39, 0.29) is 17.2 Å². The number of hydrogen-bond donors (Lipinski definition) is 1. The molecule has 5 nitrogen and oxygen atoms in total. The summed E-state index contributed by atoms with van der Waals surface area (Å²) in [5.41, 5.74) is 1.03. The minimum atomic E-state index is -3.59. The molecule has 1 aliphatic heterocycles. The summed E-state index contributed by atoms with van der Waals surface area (Å²) < 4.78 is 41.4. The van der Waals surface area contributed by atoms with E-state index in [1.807, 2.05) is 37.3 Å². The van der Waals surface area contributed by atoms with E-state index in [2.05, 4.69) is 16.9 Å². The Balaban J connectivity index is 1.61. The van der Waals surface area contributed by atoms with Gasteiger partial charge in [0.05, 0.1) is 0 Å². The van der Waals surface area contributed by atoms with Crippen LogP contribution in [0.2, 0.25) is 5.32 Å². The molecule has 0 amide bonds. The van der Waals surface area contributed by atoms with Crippen LogP contribution in [0.3, 0.4) is 0 Å². The minimum absolute atomic E-state index is 0.227. The van der Waals surface area contributed by atoms with E-state index in [0.29, 0.717) is 28.2 Å². The van der Waals surface area contributed by atoms with Crippen molar-refractivity contribution in [3.05, 3.63) is 60.2 Å². The molecule has 2 aromatic rings. The second-order valence-corrected chi connectivity index (χ2v) is 11.4. The van der Waals surface area contributed by atoms with Crippen LogP contribution in [-0.4, -0.2) is 48.9 Å². The Bertz CT molecular complexity index is 837. The first-order chi connectivity index (χ1) is 14.0. The van der Waals surface area contributed by atoms with E-state index < -0.39 is 10.0 Å². The number of hydrogen-bond acceptors (Lipinski definition) is 4. The molecule has 0 aromatic heterocycles. The van der Waals surface area contributed by atoms with E-state index >= 15 is 0 Å². The molecule has 0 saturated carbocycles. The summed E-state index contributed by atoms with van der Waals surface area (Å²) in [7, 11) is -3.59. The van der Waals surface area contributed by atoms with Gasteiger partial charge in [-0.3, -0.25) is 0 Å². The van der Waals surface area contributed by atoms with Crippen LogP contribution < -0.4 is 9.18 Å². The summed E-state index contributed by atoms with van der Waals surface area (Å²) in [5, 5.41) is 0.937. The Hall–Kier alpha value is -1.21. The van der Waals surface area contributed by atoms with Crippen LogP contribution in [0, 0.1) is 6.92 Å². The maximum atomic E-state index is 12.8. The molecule has 29 heavy (non-hydrogen) atoms. The van der Waals surface area contributed by atoms with E-state index in [0.717, 1.165) is 36.6 Å². The van der Waals surface area contributed by atoms with Gasteiger partial charge in [0.25, 0.3) is 0 Å². The van der Waals surface area contributed by atoms with Crippen molar-refractivity contribution in [2.45, 2.75) is 55.2 Å². The Morgan fingerprint density at radius 3 is 2.59 bits per heavy atom. The van der Waals surface area contributed by atoms with Crippen LogP contribution in [0.15, 0.2) is 59.5 Å². The average Bonchev–Trinajstić information content (AvgIpc) is 2.73. The predicted octanol–water partition coefficient (Wildman–Crippen LogP) is 3.02. The maximum absolute atomic E-state index is 12.8. The predicted molar refractivity (Wildman–Crippen MR) is 116 cm³/mol. The molecular formula is C22H29NO4SSe. The van der Waals surface area contributed by atoms with Crippen LogP contribution in [0.5, 0.6) is 0 Å².